The van der Waals surface area contributed by atoms with Gasteiger partial charge in [0.1, 0.15) is 6.42 Å². The van der Waals surface area contributed by atoms with Gasteiger partial charge in [0.05, 0.1) is 18.0 Å². The number of aromatic amines is 1. The maximum Gasteiger partial charge on any atom is 0.397 e. The summed E-state index contributed by atoms with van der Waals surface area (Å²) in [4.78, 5) is 29.2. The highest BCUT2D eigenvalue weighted by Gasteiger charge is 2.35. The molecule has 3 aromatic rings. The minimum atomic E-state index is -4.49. The molecule has 0 bridgehead atoms. The molecule has 4 heterocycles. The smallest absolute Gasteiger partial charge is 0.349 e. The Morgan fingerprint density at radius 1 is 1.31 bits per heavy atom. The van der Waals surface area contributed by atoms with Gasteiger partial charge in [0.15, 0.2) is 5.65 Å². The molecule has 1 aliphatic heterocycles. The zero-order valence-corrected chi connectivity index (χ0v) is 13.8. The van der Waals surface area contributed by atoms with Crippen molar-refractivity contribution in [1.82, 2.24) is 24.8 Å². The van der Waals surface area contributed by atoms with Crippen LogP contribution in [0.2, 0.25) is 0 Å². The van der Waals surface area contributed by atoms with Gasteiger partial charge in [-0.3, -0.25) is 4.79 Å². The Labute approximate surface area is 146 Å². The van der Waals surface area contributed by atoms with E-state index < -0.39 is 18.5 Å². The average Bonchev–Trinajstić information content (AvgIpc) is 3.09. The van der Waals surface area contributed by atoms with Crippen molar-refractivity contribution in [2.45, 2.75) is 31.4 Å². The number of alkyl halides is 3. The van der Waals surface area contributed by atoms with Crippen molar-refractivity contribution in [3.8, 4) is 0 Å². The summed E-state index contributed by atoms with van der Waals surface area (Å²) in [5.41, 5.74) is 2.15. The number of rotatable bonds is 2. The third-order valence-corrected chi connectivity index (χ3v) is 4.74. The molecule has 1 fully saturated rings. The molecular formula is C17H16F3N5O. The Morgan fingerprint density at radius 2 is 2.15 bits per heavy atom. The van der Waals surface area contributed by atoms with Gasteiger partial charge in [-0.15, -0.1) is 0 Å². The van der Waals surface area contributed by atoms with Gasteiger partial charge in [-0.05, 0) is 18.9 Å². The van der Waals surface area contributed by atoms with Crippen molar-refractivity contribution in [3.63, 3.8) is 0 Å². The van der Waals surface area contributed by atoms with Crippen molar-refractivity contribution in [1.29, 1.82) is 0 Å². The number of H-pyrrole nitrogens is 1. The summed E-state index contributed by atoms with van der Waals surface area (Å²) in [6.45, 7) is 0.603. The van der Waals surface area contributed by atoms with E-state index in [9.17, 15) is 18.0 Å². The van der Waals surface area contributed by atoms with E-state index in [0.29, 0.717) is 24.1 Å². The molecule has 0 aromatic carbocycles. The van der Waals surface area contributed by atoms with E-state index in [1.54, 1.807) is 18.7 Å². The minimum absolute atomic E-state index is 0.0908. The molecule has 3 aromatic heterocycles. The number of amides is 1. The molecule has 4 rings (SSSR count). The van der Waals surface area contributed by atoms with Crippen LogP contribution in [0.3, 0.4) is 0 Å². The number of carbonyl (C=O) groups is 1. The first-order chi connectivity index (χ1) is 12.4. The molecule has 1 atom stereocenters. The summed E-state index contributed by atoms with van der Waals surface area (Å²) in [7, 11) is 0. The van der Waals surface area contributed by atoms with Crippen LogP contribution in [0.15, 0.2) is 24.8 Å². The predicted octanol–water partition coefficient (Wildman–Crippen LogP) is 3.16. The summed E-state index contributed by atoms with van der Waals surface area (Å²) in [5, 5.41) is 1.71. The Bertz CT molecular complexity index is 968. The summed E-state index contributed by atoms with van der Waals surface area (Å²) in [6, 6.07) is 1.85. The Hall–Kier alpha value is -2.71. The third-order valence-electron chi connectivity index (χ3n) is 4.74. The van der Waals surface area contributed by atoms with Crippen LogP contribution in [0.1, 0.15) is 30.9 Å². The first-order valence-corrected chi connectivity index (χ1v) is 8.33. The molecule has 0 saturated carbocycles. The standard InChI is InChI=1S/C17H16F3N5O/c18-17(19,20)6-13(26)25-5-1-2-10(8-25)15-14-11-3-4-21-16(11)22-7-12(14)23-9-24-15/h3-4,7,9-10H,1-2,5-6,8H2,(H,23,24)/t10-/m0/s1. The zero-order valence-electron chi connectivity index (χ0n) is 13.8. The predicted molar refractivity (Wildman–Crippen MR) is 88.4 cm³/mol. The van der Waals surface area contributed by atoms with Gasteiger partial charge < -0.3 is 9.88 Å². The van der Waals surface area contributed by atoms with Crippen LogP contribution in [0.4, 0.5) is 13.2 Å². The second-order valence-electron chi connectivity index (χ2n) is 6.49. The lowest BCUT2D eigenvalue weighted by Gasteiger charge is -2.33. The Balaban J connectivity index is 1.69. The summed E-state index contributed by atoms with van der Waals surface area (Å²) < 4.78 is 37.7. The number of hydrogen-bond acceptors (Lipinski definition) is 4. The quantitative estimate of drug-likeness (QED) is 0.759. The van der Waals surface area contributed by atoms with Crippen molar-refractivity contribution in [2.24, 2.45) is 0 Å². The van der Waals surface area contributed by atoms with E-state index in [0.717, 1.165) is 22.9 Å². The molecule has 1 aliphatic rings. The van der Waals surface area contributed by atoms with Crippen LogP contribution in [0, 0.1) is 0 Å². The van der Waals surface area contributed by atoms with Crippen molar-refractivity contribution >= 4 is 27.8 Å². The molecule has 0 aliphatic carbocycles. The minimum Gasteiger partial charge on any atom is -0.349 e. The number of aromatic nitrogens is 4. The lowest BCUT2D eigenvalue weighted by Crippen LogP contribution is -2.41. The van der Waals surface area contributed by atoms with Crippen LogP contribution in [0.25, 0.3) is 21.9 Å². The third kappa shape index (κ3) is 3.09. The largest absolute Gasteiger partial charge is 0.397 e. The van der Waals surface area contributed by atoms with E-state index in [2.05, 4.69) is 19.9 Å². The van der Waals surface area contributed by atoms with E-state index in [4.69, 9.17) is 0 Å². The van der Waals surface area contributed by atoms with E-state index in [1.807, 2.05) is 6.07 Å². The normalized spacial score (nSPS) is 18.6. The number of pyridine rings is 1. The van der Waals surface area contributed by atoms with Crippen molar-refractivity contribution in [2.75, 3.05) is 13.1 Å². The second-order valence-corrected chi connectivity index (χ2v) is 6.49. The highest BCUT2D eigenvalue weighted by Crippen LogP contribution is 2.33. The molecule has 0 spiro atoms. The van der Waals surface area contributed by atoms with Gasteiger partial charge in [-0.25, -0.2) is 15.0 Å². The molecule has 26 heavy (non-hydrogen) atoms. The number of nitrogens with zero attached hydrogens (tertiary/aromatic N) is 4. The fraction of sp³-hybridized carbons (Fsp3) is 0.412. The fourth-order valence-corrected chi connectivity index (χ4v) is 3.62. The number of nitrogens with one attached hydrogen (secondary N) is 1. The van der Waals surface area contributed by atoms with Crippen LogP contribution < -0.4 is 0 Å². The maximum atomic E-state index is 12.6. The SMILES string of the molecule is O=C(CC(F)(F)F)N1CCC[C@H](c2[nH]cnc3cnc4nccc4c23)C1. The number of hydrogen-bond donors (Lipinski definition) is 1. The van der Waals surface area contributed by atoms with E-state index in [-0.39, 0.29) is 12.5 Å². The molecule has 1 N–H and O–H groups in total. The number of likely N-dealkylation sites (tertiary alicyclic amines) is 1. The zero-order chi connectivity index (χ0) is 18.3. The monoisotopic (exact) mass is 363 g/mol. The average molecular weight is 363 g/mol. The van der Waals surface area contributed by atoms with Crippen LogP contribution in [0.5, 0.6) is 0 Å². The first kappa shape index (κ1) is 16.7. The van der Waals surface area contributed by atoms with Crippen LogP contribution in [-0.2, 0) is 4.79 Å². The van der Waals surface area contributed by atoms with Gasteiger partial charge in [-0.1, -0.05) is 0 Å². The van der Waals surface area contributed by atoms with Crippen molar-refractivity contribution < 1.29 is 18.0 Å². The molecular weight excluding hydrogens is 347 g/mol. The second kappa shape index (κ2) is 6.22. The molecule has 136 valence electrons. The number of carbonyl (C=O) groups excluding carboxylic acids is 1. The van der Waals surface area contributed by atoms with Gasteiger partial charge in [-0.2, -0.15) is 13.2 Å². The summed E-state index contributed by atoms with van der Waals surface area (Å²) in [5.74, 6) is -0.964. The Morgan fingerprint density at radius 3 is 2.96 bits per heavy atom. The van der Waals surface area contributed by atoms with Crippen LogP contribution >= 0.6 is 0 Å². The molecule has 0 unspecified atom stereocenters. The van der Waals surface area contributed by atoms with Crippen LogP contribution in [-0.4, -0.2) is 50.0 Å². The lowest BCUT2D eigenvalue weighted by atomic mass is 9.91. The van der Waals surface area contributed by atoms with Gasteiger partial charge in [0, 0.05) is 41.7 Å². The Kier molecular flexibility index (Phi) is 4.01. The highest BCUT2D eigenvalue weighted by molar-refractivity contribution is 6.04. The molecule has 0 radical (unpaired) electrons. The summed E-state index contributed by atoms with van der Waals surface area (Å²) >= 11 is 0. The number of halogens is 3. The highest BCUT2D eigenvalue weighted by atomic mass is 19.4. The van der Waals surface area contributed by atoms with E-state index in [1.165, 1.54) is 4.90 Å². The fourth-order valence-electron chi connectivity index (χ4n) is 3.62. The molecule has 1 amide bonds. The topological polar surface area (TPSA) is 74.8 Å². The van der Waals surface area contributed by atoms with E-state index >= 15 is 0 Å². The van der Waals surface area contributed by atoms with Crippen molar-refractivity contribution in [3.05, 3.63) is 30.5 Å². The number of piperidine rings is 1. The molecule has 6 nitrogen and oxygen atoms in total. The first-order valence-electron chi connectivity index (χ1n) is 8.33. The number of fused-ring (bicyclic) bond motifs is 3. The lowest BCUT2D eigenvalue weighted by molar-refractivity contribution is -0.162. The van der Waals surface area contributed by atoms with Gasteiger partial charge >= 0.3 is 6.18 Å². The molecule has 1 saturated heterocycles. The maximum absolute atomic E-state index is 12.6. The van der Waals surface area contributed by atoms with Gasteiger partial charge in [0.2, 0.25) is 5.91 Å². The van der Waals surface area contributed by atoms with Gasteiger partial charge in [0.25, 0.3) is 0 Å². The summed E-state index contributed by atoms with van der Waals surface area (Å²) in [6.07, 6.45) is 0.381. The molecule has 9 heteroatoms.